The third kappa shape index (κ3) is 2.37. The first-order valence-corrected chi connectivity index (χ1v) is 10.0. The van der Waals surface area contributed by atoms with Crippen molar-refractivity contribution in [3.63, 3.8) is 0 Å². The number of ether oxygens (including phenoxy) is 1. The van der Waals surface area contributed by atoms with E-state index in [0.29, 0.717) is 17.0 Å². The monoisotopic (exact) mass is 419 g/mol. The van der Waals surface area contributed by atoms with Crippen molar-refractivity contribution in [1.82, 2.24) is 0 Å². The topological polar surface area (TPSA) is 111 Å². The molecule has 2 bridgehead atoms. The van der Waals surface area contributed by atoms with Gasteiger partial charge in [-0.15, -0.1) is 0 Å². The molecule has 0 unspecified atom stereocenters. The van der Waals surface area contributed by atoms with Crippen LogP contribution in [0.1, 0.15) is 11.1 Å². The Bertz CT molecular complexity index is 1160. The van der Waals surface area contributed by atoms with Gasteiger partial charge in [-0.2, -0.15) is 0 Å². The minimum Gasteiger partial charge on any atom is -0.389 e. The number of aryl methyl sites for hydroxylation is 1. The normalized spacial score (nSPS) is 32.7. The second-order valence-electron chi connectivity index (χ2n) is 8.34. The van der Waals surface area contributed by atoms with E-state index in [0.717, 1.165) is 5.56 Å². The summed E-state index contributed by atoms with van der Waals surface area (Å²) >= 11 is 0. The zero-order valence-corrected chi connectivity index (χ0v) is 16.4. The third-order valence-corrected chi connectivity index (χ3v) is 6.71. The molecule has 4 aliphatic rings. The van der Waals surface area contributed by atoms with Crippen LogP contribution < -0.4 is 4.90 Å². The maximum absolute atomic E-state index is 13.3. The van der Waals surface area contributed by atoms with Crippen molar-refractivity contribution in [1.29, 1.82) is 0 Å². The minimum atomic E-state index is -0.593. The van der Waals surface area contributed by atoms with Gasteiger partial charge in [-0.05, 0) is 31.2 Å². The highest BCUT2D eigenvalue weighted by Gasteiger charge is 2.72. The standard InChI is InChI=1S/C22H17N3O6/c1-10-2-6-12(7-3-10)24-21(26)14-15(22(24)27)19-20-16(18(14)30-19)17(23-31-20)11-4-8-13(9-5-11)25(28)29/h2-9,14-16,18-20H,1H3/t14-,15+,16+,18+,19+,20-/m0/s1. The summed E-state index contributed by atoms with van der Waals surface area (Å²) in [4.78, 5) is 43.9. The van der Waals surface area contributed by atoms with Crippen LogP contribution in [0.15, 0.2) is 53.7 Å². The van der Waals surface area contributed by atoms with Gasteiger partial charge in [0.2, 0.25) is 11.8 Å². The molecule has 0 N–H and O–H groups in total. The Balaban J connectivity index is 1.32. The van der Waals surface area contributed by atoms with Crippen LogP contribution >= 0.6 is 0 Å². The van der Waals surface area contributed by atoms with E-state index in [2.05, 4.69) is 5.16 Å². The molecule has 6 rings (SSSR count). The van der Waals surface area contributed by atoms with Gasteiger partial charge in [0.15, 0.2) is 6.10 Å². The number of nitrogens with zero attached hydrogens (tertiary/aromatic N) is 3. The number of amides is 2. The number of non-ortho nitro benzene ring substituents is 1. The number of anilines is 1. The van der Waals surface area contributed by atoms with Crippen molar-refractivity contribution in [2.75, 3.05) is 4.90 Å². The number of hydrogen-bond donors (Lipinski definition) is 0. The van der Waals surface area contributed by atoms with Crippen molar-refractivity contribution >= 4 is 28.9 Å². The van der Waals surface area contributed by atoms with Gasteiger partial charge in [-0.25, -0.2) is 4.90 Å². The summed E-state index contributed by atoms with van der Waals surface area (Å²) < 4.78 is 6.08. The van der Waals surface area contributed by atoms with E-state index in [1.807, 2.05) is 19.1 Å². The first kappa shape index (κ1) is 18.2. The summed E-state index contributed by atoms with van der Waals surface area (Å²) in [5.41, 5.74) is 2.86. The van der Waals surface area contributed by atoms with Crippen LogP contribution in [0.25, 0.3) is 0 Å². The average Bonchev–Trinajstić information content (AvgIpc) is 3.49. The Hall–Kier alpha value is -3.59. The van der Waals surface area contributed by atoms with Crippen LogP contribution in [0.5, 0.6) is 0 Å². The van der Waals surface area contributed by atoms with E-state index in [1.165, 1.54) is 17.0 Å². The molecule has 0 spiro atoms. The van der Waals surface area contributed by atoms with E-state index < -0.39 is 35.1 Å². The number of nitro groups is 1. The smallest absolute Gasteiger partial charge is 0.269 e. The summed E-state index contributed by atoms with van der Waals surface area (Å²) in [6.07, 6.45) is -1.53. The van der Waals surface area contributed by atoms with E-state index in [-0.39, 0.29) is 23.4 Å². The molecule has 4 aliphatic heterocycles. The Morgan fingerprint density at radius 1 is 0.903 bits per heavy atom. The van der Waals surface area contributed by atoms with E-state index >= 15 is 0 Å². The molecule has 2 amide bonds. The summed E-state index contributed by atoms with van der Waals surface area (Å²) in [6, 6.07) is 13.3. The van der Waals surface area contributed by atoms with E-state index in [4.69, 9.17) is 9.57 Å². The molecule has 156 valence electrons. The van der Waals surface area contributed by atoms with Crippen molar-refractivity contribution in [3.05, 3.63) is 69.8 Å². The molecule has 2 aromatic rings. The molecule has 4 heterocycles. The summed E-state index contributed by atoms with van der Waals surface area (Å²) in [6.45, 7) is 1.94. The fraction of sp³-hybridized carbons (Fsp3) is 0.318. The Labute approximate surface area is 176 Å². The number of oxime groups is 1. The summed E-state index contributed by atoms with van der Waals surface area (Å²) in [5, 5.41) is 15.1. The number of nitro benzene ring substituents is 1. The molecule has 3 saturated heterocycles. The minimum absolute atomic E-state index is 0.0191. The van der Waals surface area contributed by atoms with Crippen LogP contribution in [0, 0.1) is 34.8 Å². The lowest BCUT2D eigenvalue weighted by Gasteiger charge is -2.26. The van der Waals surface area contributed by atoms with E-state index in [1.54, 1.807) is 24.3 Å². The average molecular weight is 419 g/mol. The highest BCUT2D eigenvalue weighted by molar-refractivity contribution is 6.23. The van der Waals surface area contributed by atoms with Crippen molar-refractivity contribution in [3.8, 4) is 0 Å². The molecule has 0 radical (unpaired) electrons. The van der Waals surface area contributed by atoms with Gasteiger partial charge in [0.1, 0.15) is 6.10 Å². The number of benzene rings is 2. The maximum Gasteiger partial charge on any atom is 0.269 e. The predicted octanol–water partition coefficient (Wildman–Crippen LogP) is 2.21. The van der Waals surface area contributed by atoms with Gasteiger partial charge >= 0.3 is 0 Å². The zero-order valence-electron chi connectivity index (χ0n) is 16.4. The number of carbonyl (C=O) groups is 2. The molecule has 0 aromatic heterocycles. The molecular formula is C22H17N3O6. The Morgan fingerprint density at radius 2 is 1.55 bits per heavy atom. The zero-order chi connectivity index (χ0) is 21.4. The number of rotatable bonds is 3. The maximum atomic E-state index is 13.3. The SMILES string of the molecule is Cc1ccc(N2C(=O)[C@@H]3[C@H]4O[C@@H]([C@H]5ON=C(c6ccc([N+](=O)[O-])cc6)[C@@H]54)[C@@H]3C2=O)cc1. The van der Waals surface area contributed by atoms with Crippen LogP contribution in [0.4, 0.5) is 11.4 Å². The Morgan fingerprint density at radius 3 is 2.19 bits per heavy atom. The lowest BCUT2D eigenvalue weighted by atomic mass is 9.71. The molecule has 6 atom stereocenters. The lowest BCUT2D eigenvalue weighted by molar-refractivity contribution is -0.384. The van der Waals surface area contributed by atoms with Crippen molar-refractivity contribution < 1.29 is 24.1 Å². The number of hydrogen-bond acceptors (Lipinski definition) is 7. The number of carbonyl (C=O) groups excluding carboxylic acids is 2. The van der Waals surface area contributed by atoms with Gasteiger partial charge in [-0.3, -0.25) is 19.7 Å². The van der Waals surface area contributed by atoms with Crippen LogP contribution in [-0.2, 0) is 19.2 Å². The third-order valence-electron chi connectivity index (χ3n) is 6.71. The van der Waals surface area contributed by atoms with Gasteiger partial charge < -0.3 is 9.57 Å². The first-order valence-electron chi connectivity index (χ1n) is 10.0. The number of imide groups is 1. The largest absolute Gasteiger partial charge is 0.389 e. The van der Waals surface area contributed by atoms with Gasteiger partial charge in [-0.1, -0.05) is 22.9 Å². The Kier molecular flexibility index (Phi) is 3.64. The quantitative estimate of drug-likeness (QED) is 0.428. The molecule has 2 aromatic carbocycles. The second kappa shape index (κ2) is 6.21. The highest BCUT2D eigenvalue weighted by Crippen LogP contribution is 2.55. The molecule has 0 aliphatic carbocycles. The molecule has 0 saturated carbocycles. The summed E-state index contributed by atoms with van der Waals surface area (Å²) in [5.74, 6) is -2.02. The van der Waals surface area contributed by atoms with E-state index in [9.17, 15) is 19.7 Å². The van der Waals surface area contributed by atoms with Crippen molar-refractivity contribution in [2.45, 2.75) is 25.2 Å². The first-order chi connectivity index (χ1) is 15.0. The van der Waals surface area contributed by atoms with Gasteiger partial charge in [0.05, 0.1) is 40.2 Å². The fourth-order valence-electron chi connectivity index (χ4n) is 5.30. The van der Waals surface area contributed by atoms with Gasteiger partial charge in [0.25, 0.3) is 5.69 Å². The molecule has 3 fully saturated rings. The van der Waals surface area contributed by atoms with Crippen LogP contribution in [0.2, 0.25) is 0 Å². The van der Waals surface area contributed by atoms with Crippen molar-refractivity contribution in [2.24, 2.45) is 22.9 Å². The predicted molar refractivity (Wildman–Crippen MR) is 107 cm³/mol. The molecular weight excluding hydrogens is 402 g/mol. The lowest BCUT2D eigenvalue weighted by Crippen LogP contribution is -2.45. The second-order valence-corrected chi connectivity index (χ2v) is 8.34. The molecule has 9 heteroatoms. The molecule has 31 heavy (non-hydrogen) atoms. The highest BCUT2D eigenvalue weighted by atomic mass is 16.7. The summed E-state index contributed by atoms with van der Waals surface area (Å²) in [7, 11) is 0. The molecule has 9 nitrogen and oxygen atoms in total. The number of fused-ring (bicyclic) bond motifs is 8. The van der Waals surface area contributed by atoms with Gasteiger partial charge in [0, 0.05) is 17.7 Å². The van der Waals surface area contributed by atoms with Crippen LogP contribution in [-0.4, -0.2) is 40.8 Å². The fourth-order valence-corrected chi connectivity index (χ4v) is 5.30. The van der Waals surface area contributed by atoms with Crippen LogP contribution in [0.3, 0.4) is 0 Å².